The van der Waals surface area contributed by atoms with Gasteiger partial charge in [-0.2, -0.15) is 5.48 Å². The summed E-state index contributed by atoms with van der Waals surface area (Å²) in [5, 5.41) is 0. The van der Waals surface area contributed by atoms with Crippen LogP contribution < -0.4 is 5.48 Å². The molecule has 72 valence electrons. The van der Waals surface area contributed by atoms with E-state index in [1.54, 1.807) is 0 Å². The lowest BCUT2D eigenvalue weighted by atomic mass is 10.2. The van der Waals surface area contributed by atoms with Gasteiger partial charge in [0.05, 0.1) is 6.10 Å². The monoisotopic (exact) mass is 172 g/mol. The highest BCUT2D eigenvalue weighted by atomic mass is 16.7. The van der Waals surface area contributed by atoms with Crippen molar-refractivity contribution >= 4 is 0 Å². The fourth-order valence-corrected chi connectivity index (χ4v) is 1.51. The van der Waals surface area contributed by atoms with E-state index in [1.165, 1.54) is 6.42 Å². The van der Waals surface area contributed by atoms with Gasteiger partial charge < -0.3 is 4.90 Å². The van der Waals surface area contributed by atoms with Crippen LogP contribution in [0.15, 0.2) is 0 Å². The lowest BCUT2D eigenvalue weighted by Gasteiger charge is -2.14. The van der Waals surface area contributed by atoms with Crippen molar-refractivity contribution in [3.8, 4) is 0 Å². The van der Waals surface area contributed by atoms with E-state index < -0.39 is 0 Å². The summed E-state index contributed by atoms with van der Waals surface area (Å²) in [6, 6.07) is 1.19. The van der Waals surface area contributed by atoms with Gasteiger partial charge in [-0.3, -0.25) is 4.84 Å². The highest BCUT2D eigenvalue weighted by Gasteiger charge is 2.25. The van der Waals surface area contributed by atoms with Crippen molar-refractivity contribution in [3.63, 3.8) is 0 Å². The molecule has 0 aromatic heterocycles. The van der Waals surface area contributed by atoms with Gasteiger partial charge in [0.2, 0.25) is 0 Å². The minimum absolute atomic E-state index is 0.270. The average molecular weight is 172 g/mol. The molecule has 1 fully saturated rings. The molecule has 0 amide bonds. The van der Waals surface area contributed by atoms with Gasteiger partial charge >= 0.3 is 0 Å². The third kappa shape index (κ3) is 2.73. The van der Waals surface area contributed by atoms with Crippen molar-refractivity contribution in [2.24, 2.45) is 0 Å². The summed E-state index contributed by atoms with van der Waals surface area (Å²) in [5.74, 6) is 0. The van der Waals surface area contributed by atoms with Crippen molar-refractivity contribution in [1.29, 1.82) is 0 Å². The first-order valence-electron chi connectivity index (χ1n) is 4.71. The van der Waals surface area contributed by atoms with Crippen molar-refractivity contribution in [2.45, 2.75) is 45.4 Å². The summed E-state index contributed by atoms with van der Waals surface area (Å²) >= 11 is 0. The number of nitrogens with zero attached hydrogens (tertiary/aromatic N) is 1. The van der Waals surface area contributed by atoms with Gasteiger partial charge in [0.25, 0.3) is 0 Å². The number of hydroxylamine groups is 1. The maximum absolute atomic E-state index is 5.35. The van der Waals surface area contributed by atoms with Crippen LogP contribution in [-0.2, 0) is 4.84 Å². The number of nitrogens with one attached hydrogen (secondary N) is 1. The fourth-order valence-electron chi connectivity index (χ4n) is 1.51. The lowest BCUT2D eigenvalue weighted by molar-refractivity contribution is -0.0236. The van der Waals surface area contributed by atoms with E-state index in [1.807, 2.05) is 13.8 Å². The fraction of sp³-hybridized carbons (Fsp3) is 1.00. The molecule has 1 rings (SSSR count). The second-order valence-electron chi connectivity index (χ2n) is 4.01. The number of likely N-dealkylation sites (N-methyl/N-ethyl adjacent to an activating group) is 1. The summed E-state index contributed by atoms with van der Waals surface area (Å²) in [4.78, 5) is 7.69. The zero-order valence-electron chi connectivity index (χ0n) is 8.50. The summed E-state index contributed by atoms with van der Waals surface area (Å²) < 4.78 is 0. The Balaban J connectivity index is 2.19. The summed E-state index contributed by atoms with van der Waals surface area (Å²) in [6.07, 6.45) is 1.45. The van der Waals surface area contributed by atoms with Gasteiger partial charge in [0.1, 0.15) is 0 Å². The quantitative estimate of drug-likeness (QED) is 0.643. The molecule has 0 spiro atoms. The molecule has 2 unspecified atom stereocenters. The van der Waals surface area contributed by atoms with E-state index in [-0.39, 0.29) is 6.10 Å². The third-order valence-corrected chi connectivity index (χ3v) is 2.36. The zero-order valence-corrected chi connectivity index (χ0v) is 8.50. The molecular formula is C9H20N2O. The molecule has 1 saturated heterocycles. The Morgan fingerprint density at radius 3 is 2.58 bits per heavy atom. The molecule has 1 aliphatic rings. The van der Waals surface area contributed by atoms with E-state index in [2.05, 4.69) is 24.4 Å². The van der Waals surface area contributed by atoms with Crippen LogP contribution in [0.2, 0.25) is 0 Å². The predicted molar refractivity (Wildman–Crippen MR) is 49.9 cm³/mol. The normalized spacial score (nSPS) is 31.8. The zero-order chi connectivity index (χ0) is 9.14. The third-order valence-electron chi connectivity index (χ3n) is 2.36. The van der Waals surface area contributed by atoms with Gasteiger partial charge in [0.15, 0.2) is 0 Å². The average Bonchev–Trinajstić information content (AvgIpc) is 2.28. The summed E-state index contributed by atoms with van der Waals surface area (Å²) in [6.45, 7) is 7.41. The Hall–Kier alpha value is -0.120. The van der Waals surface area contributed by atoms with E-state index in [0.29, 0.717) is 12.1 Å². The molecule has 3 nitrogen and oxygen atoms in total. The molecule has 0 radical (unpaired) electrons. The minimum atomic E-state index is 0.270. The first-order chi connectivity index (χ1) is 5.59. The standard InChI is InChI=1S/C9H20N2O/c1-7(2)12-10-9-5-8(3)11(4)6-9/h7-10H,5-6H2,1-4H3. The maximum atomic E-state index is 5.35. The van der Waals surface area contributed by atoms with Crippen LogP contribution in [-0.4, -0.2) is 36.7 Å². The Labute approximate surface area is 75.0 Å². The maximum Gasteiger partial charge on any atom is 0.0734 e. The molecule has 0 bridgehead atoms. The van der Waals surface area contributed by atoms with Crippen molar-refractivity contribution in [3.05, 3.63) is 0 Å². The van der Waals surface area contributed by atoms with Crippen LogP contribution >= 0.6 is 0 Å². The second kappa shape index (κ2) is 4.21. The van der Waals surface area contributed by atoms with E-state index in [0.717, 1.165) is 6.54 Å². The first kappa shape index (κ1) is 9.96. The van der Waals surface area contributed by atoms with Crippen LogP contribution in [0.3, 0.4) is 0 Å². The number of hydrogen-bond acceptors (Lipinski definition) is 3. The molecule has 0 aromatic carbocycles. The molecule has 2 atom stereocenters. The summed E-state index contributed by atoms with van der Waals surface area (Å²) in [5.41, 5.74) is 3.10. The molecule has 0 saturated carbocycles. The molecule has 3 heteroatoms. The van der Waals surface area contributed by atoms with Crippen LogP contribution in [0.4, 0.5) is 0 Å². The highest BCUT2D eigenvalue weighted by Crippen LogP contribution is 2.14. The summed E-state index contributed by atoms with van der Waals surface area (Å²) in [7, 11) is 2.15. The number of likely N-dealkylation sites (tertiary alicyclic amines) is 1. The number of rotatable bonds is 3. The smallest absolute Gasteiger partial charge is 0.0734 e. The van der Waals surface area contributed by atoms with Crippen LogP contribution in [0.1, 0.15) is 27.2 Å². The van der Waals surface area contributed by atoms with Gasteiger partial charge in [-0.25, -0.2) is 0 Å². The first-order valence-corrected chi connectivity index (χ1v) is 4.71. The van der Waals surface area contributed by atoms with Gasteiger partial charge in [0, 0.05) is 18.6 Å². The predicted octanol–water partition coefficient (Wildman–Crippen LogP) is 1.01. The van der Waals surface area contributed by atoms with Crippen molar-refractivity contribution in [1.82, 2.24) is 10.4 Å². The SMILES string of the molecule is CC(C)ONC1CC(C)N(C)C1. The molecular weight excluding hydrogens is 152 g/mol. The Morgan fingerprint density at radius 2 is 2.17 bits per heavy atom. The van der Waals surface area contributed by atoms with Crippen molar-refractivity contribution < 1.29 is 4.84 Å². The molecule has 1 aliphatic heterocycles. The van der Waals surface area contributed by atoms with E-state index >= 15 is 0 Å². The van der Waals surface area contributed by atoms with Gasteiger partial charge in [-0.15, -0.1) is 0 Å². The Bertz CT molecular complexity index is 128. The Kier molecular flexibility index (Phi) is 3.50. The second-order valence-corrected chi connectivity index (χ2v) is 4.01. The highest BCUT2D eigenvalue weighted by molar-refractivity contribution is 4.82. The van der Waals surface area contributed by atoms with Gasteiger partial charge in [-0.05, 0) is 34.2 Å². The lowest BCUT2D eigenvalue weighted by Crippen LogP contribution is -2.33. The van der Waals surface area contributed by atoms with Crippen LogP contribution in [0.5, 0.6) is 0 Å². The topological polar surface area (TPSA) is 24.5 Å². The molecule has 1 heterocycles. The van der Waals surface area contributed by atoms with E-state index in [4.69, 9.17) is 4.84 Å². The largest absolute Gasteiger partial charge is 0.302 e. The van der Waals surface area contributed by atoms with Crippen LogP contribution in [0.25, 0.3) is 0 Å². The molecule has 0 aromatic rings. The number of hydrogen-bond donors (Lipinski definition) is 1. The molecule has 12 heavy (non-hydrogen) atoms. The van der Waals surface area contributed by atoms with Crippen molar-refractivity contribution in [2.75, 3.05) is 13.6 Å². The molecule has 0 aliphatic carbocycles. The Morgan fingerprint density at radius 1 is 1.50 bits per heavy atom. The molecule has 1 N–H and O–H groups in total. The van der Waals surface area contributed by atoms with E-state index in [9.17, 15) is 0 Å². The van der Waals surface area contributed by atoms with Crippen LogP contribution in [0, 0.1) is 0 Å². The van der Waals surface area contributed by atoms with Gasteiger partial charge in [-0.1, -0.05) is 0 Å². The minimum Gasteiger partial charge on any atom is -0.302 e.